The number of hydrogen-bond donors (Lipinski definition) is 0. The van der Waals surface area contributed by atoms with Gasteiger partial charge in [0, 0.05) is 25.3 Å². The van der Waals surface area contributed by atoms with Crippen LogP contribution >= 0.6 is 0 Å². The van der Waals surface area contributed by atoms with E-state index < -0.39 is 11.0 Å². The largest absolute Gasteiger partial charge is 0.495 e. The zero-order valence-corrected chi connectivity index (χ0v) is 15.6. The van der Waals surface area contributed by atoms with Crippen LogP contribution in [0.2, 0.25) is 0 Å². The van der Waals surface area contributed by atoms with E-state index in [1.54, 1.807) is 11.9 Å². The van der Waals surface area contributed by atoms with Gasteiger partial charge in [-0.05, 0) is 36.1 Å². The van der Waals surface area contributed by atoms with Gasteiger partial charge in [0.2, 0.25) is 24.2 Å². The number of hydrogen-bond acceptors (Lipinski definition) is 6. The monoisotopic (exact) mass is 371 g/mol. The minimum absolute atomic E-state index is 0.000204. The fourth-order valence-electron chi connectivity index (χ4n) is 5.66. The van der Waals surface area contributed by atoms with Gasteiger partial charge >= 0.3 is 0 Å². The van der Waals surface area contributed by atoms with Crippen LogP contribution in [0.25, 0.3) is 0 Å². The highest BCUT2D eigenvalue weighted by Gasteiger charge is 2.70. The number of benzene rings is 1. The summed E-state index contributed by atoms with van der Waals surface area (Å²) in [6.07, 6.45) is 1.85. The van der Waals surface area contributed by atoms with Gasteiger partial charge in [0.15, 0.2) is 17.3 Å². The molecule has 7 nitrogen and oxygen atoms in total. The first-order chi connectivity index (χ1) is 13.0. The molecule has 1 saturated heterocycles. The standard InChI is InChI=1S/C20H21NO6/c1-21-16(23)9-19-8-13(22)17(24-2)18(25-3)20(19,21)5-4-11-6-14-15(7-12(11)19)27-10-26-14/h6-7H,4-5,8-10H2,1-3H3/t19-,20-/m0/s1. The van der Waals surface area contributed by atoms with Crippen molar-refractivity contribution in [2.24, 2.45) is 0 Å². The lowest BCUT2D eigenvalue weighted by atomic mass is 9.54. The van der Waals surface area contributed by atoms with Crippen LogP contribution in [0, 0.1) is 0 Å². The van der Waals surface area contributed by atoms with Gasteiger partial charge in [0.1, 0.15) is 5.54 Å². The topological polar surface area (TPSA) is 74.3 Å². The van der Waals surface area contributed by atoms with Crippen LogP contribution in [-0.2, 0) is 30.9 Å². The van der Waals surface area contributed by atoms with E-state index >= 15 is 0 Å². The Morgan fingerprint density at radius 3 is 2.52 bits per heavy atom. The van der Waals surface area contributed by atoms with Crippen molar-refractivity contribution in [3.05, 3.63) is 34.8 Å². The predicted molar refractivity (Wildman–Crippen MR) is 93.4 cm³/mol. The minimum atomic E-state index is -0.737. The van der Waals surface area contributed by atoms with E-state index in [1.165, 1.54) is 14.2 Å². The first kappa shape index (κ1) is 16.5. The van der Waals surface area contributed by atoms with Crippen molar-refractivity contribution in [3.63, 3.8) is 0 Å². The molecule has 1 amide bonds. The van der Waals surface area contributed by atoms with Gasteiger partial charge in [0.25, 0.3) is 0 Å². The second kappa shape index (κ2) is 5.18. The Kier molecular flexibility index (Phi) is 3.16. The number of rotatable bonds is 2. The Bertz CT molecular complexity index is 921. The van der Waals surface area contributed by atoms with Crippen molar-refractivity contribution in [3.8, 4) is 11.5 Å². The summed E-state index contributed by atoms with van der Waals surface area (Å²) in [6, 6.07) is 3.95. The molecule has 142 valence electrons. The smallest absolute Gasteiger partial charge is 0.231 e. The third-order valence-corrected chi connectivity index (χ3v) is 6.77. The van der Waals surface area contributed by atoms with Gasteiger partial charge in [-0.15, -0.1) is 0 Å². The van der Waals surface area contributed by atoms with Crippen molar-refractivity contribution in [2.75, 3.05) is 28.1 Å². The average molecular weight is 371 g/mol. The second-order valence-electron chi connectivity index (χ2n) is 7.60. The maximum absolute atomic E-state index is 13.0. The Balaban J connectivity index is 1.83. The number of likely N-dealkylation sites (N-methyl/N-ethyl adjacent to an activating group) is 1. The number of carbonyl (C=O) groups excluding carboxylic acids is 2. The van der Waals surface area contributed by atoms with E-state index in [9.17, 15) is 9.59 Å². The Morgan fingerprint density at radius 1 is 1.07 bits per heavy atom. The van der Waals surface area contributed by atoms with Gasteiger partial charge in [-0.25, -0.2) is 0 Å². The molecule has 5 rings (SSSR count). The molecule has 1 aromatic rings. The highest BCUT2D eigenvalue weighted by molar-refractivity contribution is 6.00. The summed E-state index contributed by atoms with van der Waals surface area (Å²) in [5, 5.41) is 0. The van der Waals surface area contributed by atoms with Crippen LogP contribution in [-0.4, -0.2) is 50.2 Å². The normalized spacial score (nSPS) is 30.9. The molecule has 1 fully saturated rings. The van der Waals surface area contributed by atoms with Crippen molar-refractivity contribution in [1.82, 2.24) is 4.90 Å². The SMILES string of the molecule is COC1=C(OC)[C@@]23CCc4cc5c(cc4[C@]2(CC1=O)CC(=O)N3C)OCO5. The van der Waals surface area contributed by atoms with Gasteiger partial charge < -0.3 is 23.8 Å². The molecule has 27 heavy (non-hydrogen) atoms. The van der Waals surface area contributed by atoms with Crippen LogP contribution in [0.4, 0.5) is 0 Å². The molecule has 0 saturated carbocycles. The quantitative estimate of drug-likeness (QED) is 0.788. The number of allylic oxidation sites excluding steroid dienone is 1. The number of ether oxygens (including phenoxy) is 4. The molecule has 1 aromatic carbocycles. The highest BCUT2D eigenvalue weighted by atomic mass is 16.7. The summed E-state index contributed by atoms with van der Waals surface area (Å²) in [6.45, 7) is 0.186. The average Bonchev–Trinajstić information content (AvgIpc) is 3.20. The van der Waals surface area contributed by atoms with Crippen molar-refractivity contribution in [1.29, 1.82) is 0 Å². The number of amides is 1. The van der Waals surface area contributed by atoms with Crippen LogP contribution in [0.1, 0.15) is 30.4 Å². The molecule has 0 unspecified atom stereocenters. The van der Waals surface area contributed by atoms with Crippen LogP contribution in [0.3, 0.4) is 0 Å². The van der Waals surface area contributed by atoms with Crippen molar-refractivity contribution < 1.29 is 28.5 Å². The molecule has 7 heteroatoms. The number of likely N-dealkylation sites (tertiary alicyclic amines) is 1. The van der Waals surface area contributed by atoms with Gasteiger partial charge in [-0.3, -0.25) is 9.59 Å². The zero-order chi connectivity index (χ0) is 19.0. The summed E-state index contributed by atoms with van der Waals surface area (Å²) in [4.78, 5) is 27.7. The fraction of sp³-hybridized carbons (Fsp3) is 0.500. The summed E-state index contributed by atoms with van der Waals surface area (Å²) in [5.41, 5.74) is 0.646. The third kappa shape index (κ3) is 1.72. The molecule has 4 aliphatic rings. The maximum Gasteiger partial charge on any atom is 0.231 e. The summed E-state index contributed by atoms with van der Waals surface area (Å²) >= 11 is 0. The number of aryl methyl sites for hydroxylation is 1. The highest BCUT2D eigenvalue weighted by Crippen LogP contribution is 2.62. The summed E-state index contributed by atoms with van der Waals surface area (Å²) in [5.74, 6) is 1.92. The van der Waals surface area contributed by atoms with E-state index in [0.29, 0.717) is 17.9 Å². The molecule has 0 bridgehead atoms. The molecular weight excluding hydrogens is 350 g/mol. The van der Waals surface area contributed by atoms with E-state index in [-0.39, 0.29) is 37.1 Å². The van der Waals surface area contributed by atoms with Crippen LogP contribution in [0.15, 0.2) is 23.7 Å². The third-order valence-electron chi connectivity index (χ3n) is 6.77. The number of ketones is 1. The van der Waals surface area contributed by atoms with E-state index in [2.05, 4.69) is 0 Å². The number of carbonyl (C=O) groups is 2. The molecule has 2 aliphatic heterocycles. The second-order valence-corrected chi connectivity index (χ2v) is 7.60. The lowest BCUT2D eigenvalue weighted by molar-refractivity contribution is -0.131. The minimum Gasteiger partial charge on any atom is -0.495 e. The first-order valence-electron chi connectivity index (χ1n) is 9.04. The molecule has 2 heterocycles. The first-order valence-corrected chi connectivity index (χ1v) is 9.04. The fourth-order valence-corrected chi connectivity index (χ4v) is 5.66. The Morgan fingerprint density at radius 2 is 1.81 bits per heavy atom. The molecule has 0 spiro atoms. The van der Waals surface area contributed by atoms with Crippen LogP contribution < -0.4 is 9.47 Å². The Hall–Kier alpha value is -2.70. The molecule has 0 radical (unpaired) electrons. The number of methoxy groups -OCH3 is 2. The predicted octanol–water partition coefficient (Wildman–Crippen LogP) is 1.68. The Labute approximate surface area is 156 Å². The van der Waals surface area contributed by atoms with Crippen LogP contribution in [0.5, 0.6) is 11.5 Å². The molecule has 0 aromatic heterocycles. The summed E-state index contributed by atoms with van der Waals surface area (Å²) < 4.78 is 22.3. The number of fused-ring (bicyclic) bond motifs is 2. The zero-order valence-electron chi connectivity index (χ0n) is 15.6. The van der Waals surface area contributed by atoms with Gasteiger partial charge in [-0.2, -0.15) is 0 Å². The molecule has 0 N–H and O–H groups in total. The maximum atomic E-state index is 13.0. The molecular formula is C20H21NO6. The lowest BCUT2D eigenvalue weighted by Crippen LogP contribution is -2.62. The number of nitrogens with zero attached hydrogens (tertiary/aromatic N) is 1. The van der Waals surface area contributed by atoms with Crippen molar-refractivity contribution >= 4 is 11.7 Å². The summed E-state index contributed by atoms with van der Waals surface area (Å²) in [7, 11) is 4.81. The number of Topliss-reactive ketones (excluding diaryl/α,β-unsaturated/α-hetero) is 1. The van der Waals surface area contributed by atoms with Gasteiger partial charge in [-0.1, -0.05) is 0 Å². The lowest BCUT2D eigenvalue weighted by Gasteiger charge is -2.54. The van der Waals surface area contributed by atoms with E-state index in [4.69, 9.17) is 18.9 Å². The van der Waals surface area contributed by atoms with Gasteiger partial charge in [0.05, 0.1) is 14.2 Å². The van der Waals surface area contributed by atoms with E-state index in [1.807, 2.05) is 12.1 Å². The molecule has 2 atom stereocenters. The van der Waals surface area contributed by atoms with Crippen molar-refractivity contribution in [2.45, 2.75) is 36.6 Å². The van der Waals surface area contributed by atoms with E-state index in [0.717, 1.165) is 23.3 Å². The molecule has 2 aliphatic carbocycles.